The number of H-pyrrole nitrogens is 1. The average Bonchev–Trinajstić information content (AvgIpc) is 3.09. The van der Waals surface area contributed by atoms with Gasteiger partial charge in [0.15, 0.2) is 5.84 Å². The number of benzene rings is 2. The van der Waals surface area contributed by atoms with E-state index in [1.807, 2.05) is 36.4 Å². The van der Waals surface area contributed by atoms with Crippen molar-refractivity contribution in [1.29, 1.82) is 5.53 Å². The molecule has 0 bridgehead atoms. The van der Waals surface area contributed by atoms with Crippen molar-refractivity contribution < 1.29 is 0 Å². The molecule has 2 aromatic heterocycles. The van der Waals surface area contributed by atoms with Gasteiger partial charge < -0.3 is 10.4 Å². The Hall–Kier alpha value is -3.61. The van der Waals surface area contributed by atoms with E-state index >= 15 is 0 Å². The van der Waals surface area contributed by atoms with E-state index < -0.39 is 0 Å². The summed E-state index contributed by atoms with van der Waals surface area (Å²) in [6, 6.07) is 16.1. The van der Waals surface area contributed by atoms with Crippen LogP contribution in [0.25, 0.3) is 21.9 Å². The summed E-state index contributed by atoms with van der Waals surface area (Å²) in [5.74, 6) is 1.13. The number of amidine groups is 1. The summed E-state index contributed by atoms with van der Waals surface area (Å²) in [6.45, 7) is 2.11. The number of hydrazone groups is 1. The third-order valence-electron chi connectivity index (χ3n) is 4.69. The van der Waals surface area contributed by atoms with Gasteiger partial charge in [0.1, 0.15) is 11.5 Å². The summed E-state index contributed by atoms with van der Waals surface area (Å²) < 4.78 is 0. The summed E-state index contributed by atoms with van der Waals surface area (Å²) in [4.78, 5) is 13.0. The third kappa shape index (κ3) is 3.22. The van der Waals surface area contributed by atoms with Crippen molar-refractivity contribution in [2.24, 2.45) is 10.2 Å². The Morgan fingerprint density at radius 1 is 1.14 bits per heavy atom. The number of rotatable bonds is 5. The molecule has 0 saturated heterocycles. The van der Waals surface area contributed by atoms with Crippen LogP contribution in [0.2, 0.25) is 0 Å². The fourth-order valence-electron chi connectivity index (χ4n) is 3.44. The summed E-state index contributed by atoms with van der Waals surface area (Å²) >= 11 is 0. The Bertz CT molecular complexity index is 1180. The lowest BCUT2D eigenvalue weighted by Gasteiger charge is -2.05. The molecule has 4 aromatic rings. The van der Waals surface area contributed by atoms with E-state index in [-0.39, 0.29) is 0 Å². The van der Waals surface area contributed by atoms with Crippen LogP contribution in [0.3, 0.4) is 0 Å². The first-order valence-electron chi connectivity index (χ1n) is 9.21. The number of aromatic amines is 1. The molecule has 0 aliphatic rings. The zero-order valence-electron chi connectivity index (χ0n) is 15.8. The van der Waals surface area contributed by atoms with E-state index in [0.29, 0.717) is 12.3 Å². The highest BCUT2D eigenvalue weighted by Gasteiger charge is 2.14. The molecule has 4 rings (SSSR count). The highest BCUT2D eigenvalue weighted by atomic mass is 15.3. The lowest BCUT2D eigenvalue weighted by atomic mass is 10.1. The molecule has 28 heavy (non-hydrogen) atoms. The van der Waals surface area contributed by atoms with Gasteiger partial charge in [0, 0.05) is 35.3 Å². The van der Waals surface area contributed by atoms with Crippen molar-refractivity contribution in [1.82, 2.24) is 20.4 Å². The van der Waals surface area contributed by atoms with E-state index in [4.69, 9.17) is 15.5 Å². The maximum Gasteiger partial charge on any atom is 0.200 e. The SMILES string of the molecule is CCc1nc(Cc2ccccc2)nc2[nH]c3cc(/C(N=N)=N/NC)ccc3c12. The van der Waals surface area contributed by atoms with Gasteiger partial charge >= 0.3 is 0 Å². The first kappa shape index (κ1) is 17.8. The zero-order valence-corrected chi connectivity index (χ0v) is 15.8. The Morgan fingerprint density at radius 2 is 1.96 bits per heavy atom. The van der Waals surface area contributed by atoms with Gasteiger partial charge in [-0.1, -0.05) is 49.4 Å². The van der Waals surface area contributed by atoms with Crippen molar-refractivity contribution >= 4 is 27.8 Å². The van der Waals surface area contributed by atoms with E-state index in [9.17, 15) is 0 Å². The van der Waals surface area contributed by atoms with Gasteiger partial charge in [0.05, 0.1) is 5.69 Å². The van der Waals surface area contributed by atoms with Crippen molar-refractivity contribution in [3.8, 4) is 0 Å². The summed E-state index contributed by atoms with van der Waals surface area (Å²) in [5, 5.41) is 9.66. The van der Waals surface area contributed by atoms with E-state index in [1.54, 1.807) is 7.05 Å². The number of aryl methyl sites for hydroxylation is 1. The number of nitrogens with one attached hydrogen (secondary N) is 3. The van der Waals surface area contributed by atoms with Crippen LogP contribution in [-0.4, -0.2) is 27.8 Å². The minimum atomic E-state index is 0.328. The lowest BCUT2D eigenvalue weighted by Crippen LogP contribution is -2.03. The number of hydrogen-bond acceptors (Lipinski definition) is 5. The Kier molecular flexibility index (Phi) is 4.80. The molecule has 0 unspecified atom stereocenters. The number of nitrogens with zero attached hydrogens (tertiary/aromatic N) is 4. The molecule has 0 radical (unpaired) electrons. The minimum Gasteiger partial charge on any atom is -0.339 e. The molecule has 140 valence electrons. The maximum absolute atomic E-state index is 7.34. The monoisotopic (exact) mass is 371 g/mol. The van der Waals surface area contributed by atoms with Crippen LogP contribution in [-0.2, 0) is 12.8 Å². The van der Waals surface area contributed by atoms with Crippen LogP contribution < -0.4 is 5.43 Å². The van der Waals surface area contributed by atoms with E-state index in [0.717, 1.165) is 45.4 Å². The molecule has 7 heteroatoms. The molecule has 0 atom stereocenters. The molecule has 0 aliphatic heterocycles. The number of hydrogen-bond donors (Lipinski definition) is 3. The van der Waals surface area contributed by atoms with Gasteiger partial charge in [-0.05, 0) is 18.1 Å². The predicted molar refractivity (Wildman–Crippen MR) is 111 cm³/mol. The average molecular weight is 371 g/mol. The molecule has 0 fully saturated rings. The van der Waals surface area contributed by atoms with Gasteiger partial charge in [-0.15, -0.1) is 5.11 Å². The summed E-state index contributed by atoms with van der Waals surface area (Å²) in [5.41, 5.74) is 14.8. The highest BCUT2D eigenvalue weighted by molar-refractivity contribution is 6.10. The minimum absolute atomic E-state index is 0.328. The van der Waals surface area contributed by atoms with Gasteiger partial charge in [0.25, 0.3) is 0 Å². The van der Waals surface area contributed by atoms with E-state index in [1.165, 1.54) is 5.56 Å². The zero-order chi connectivity index (χ0) is 19.5. The topological polar surface area (TPSA) is 102 Å². The molecule has 0 amide bonds. The fourth-order valence-corrected chi connectivity index (χ4v) is 3.44. The lowest BCUT2D eigenvalue weighted by molar-refractivity contribution is 0.892. The molecule has 2 heterocycles. The smallest absolute Gasteiger partial charge is 0.200 e. The van der Waals surface area contributed by atoms with Gasteiger partial charge in [-0.2, -0.15) is 5.10 Å². The molecular weight excluding hydrogens is 350 g/mol. The Balaban J connectivity index is 1.84. The van der Waals surface area contributed by atoms with Crippen LogP contribution >= 0.6 is 0 Å². The van der Waals surface area contributed by atoms with Crippen LogP contribution in [0.1, 0.15) is 29.6 Å². The van der Waals surface area contributed by atoms with Crippen LogP contribution in [0.5, 0.6) is 0 Å². The predicted octanol–water partition coefficient (Wildman–Crippen LogP) is 4.18. The quantitative estimate of drug-likeness (QED) is 0.212. The number of fused-ring (bicyclic) bond motifs is 3. The summed E-state index contributed by atoms with van der Waals surface area (Å²) in [7, 11) is 1.68. The van der Waals surface area contributed by atoms with Gasteiger partial charge in [0.2, 0.25) is 0 Å². The molecule has 7 nitrogen and oxygen atoms in total. The second-order valence-corrected chi connectivity index (χ2v) is 6.48. The highest BCUT2D eigenvalue weighted by Crippen LogP contribution is 2.28. The molecule has 2 aromatic carbocycles. The maximum atomic E-state index is 7.34. The van der Waals surface area contributed by atoms with Gasteiger partial charge in [-0.3, -0.25) is 0 Å². The van der Waals surface area contributed by atoms with Crippen LogP contribution in [0, 0.1) is 5.53 Å². The molecule has 0 spiro atoms. The normalized spacial score (nSPS) is 11.9. The van der Waals surface area contributed by atoms with Crippen molar-refractivity contribution in [3.63, 3.8) is 0 Å². The molecule has 0 aliphatic carbocycles. The Morgan fingerprint density at radius 3 is 2.68 bits per heavy atom. The van der Waals surface area contributed by atoms with Gasteiger partial charge in [-0.25, -0.2) is 15.5 Å². The first-order valence-corrected chi connectivity index (χ1v) is 9.21. The second-order valence-electron chi connectivity index (χ2n) is 6.48. The van der Waals surface area contributed by atoms with Crippen molar-refractivity contribution in [2.75, 3.05) is 7.05 Å². The summed E-state index contributed by atoms with van der Waals surface area (Å²) in [6.07, 6.45) is 1.52. The third-order valence-corrected chi connectivity index (χ3v) is 4.69. The van der Waals surface area contributed by atoms with Crippen molar-refractivity contribution in [3.05, 3.63) is 71.2 Å². The standard InChI is InChI=1S/C21H21N7/c1-3-16-19-15-10-9-14(20(27-22)28-23-2)12-17(15)25-21(19)26-18(24-16)11-13-7-5-4-6-8-13/h4-10,12,22-23H,3,11H2,1-2H3,(H,24,25,26)/b27-22?,28-20-. The largest absolute Gasteiger partial charge is 0.339 e. The molecular formula is C21H21N7. The van der Waals surface area contributed by atoms with Crippen molar-refractivity contribution in [2.45, 2.75) is 19.8 Å². The fraction of sp³-hybridized carbons (Fsp3) is 0.190. The van der Waals surface area contributed by atoms with Crippen LogP contribution in [0.15, 0.2) is 58.7 Å². The van der Waals surface area contributed by atoms with E-state index in [2.05, 4.69) is 39.7 Å². The second kappa shape index (κ2) is 7.56. The molecule has 0 saturated carbocycles. The first-order chi connectivity index (χ1) is 13.7. The Labute approximate surface area is 162 Å². The molecule has 3 N–H and O–H groups in total. The number of aromatic nitrogens is 3. The van der Waals surface area contributed by atoms with Crippen LogP contribution in [0.4, 0.5) is 0 Å².